The maximum absolute atomic E-state index is 12.6. The molecule has 0 aromatic heterocycles. The maximum atomic E-state index is 12.6. The van der Waals surface area contributed by atoms with E-state index in [4.69, 9.17) is 9.05 Å². The highest BCUT2D eigenvalue weighted by atomic mass is 31.2. The Morgan fingerprint density at radius 3 is 2.40 bits per heavy atom. The van der Waals surface area contributed by atoms with Gasteiger partial charge >= 0.3 is 7.60 Å². The Bertz CT molecular complexity index is 642. The smallest absolute Gasteiger partial charge is 0.308 e. The van der Waals surface area contributed by atoms with Crippen LogP contribution in [-0.2, 0) is 13.6 Å². The molecule has 0 bridgehead atoms. The molecule has 0 heterocycles. The molecule has 0 fully saturated rings. The minimum absolute atomic E-state index is 0.421. The summed E-state index contributed by atoms with van der Waals surface area (Å²) in [5.74, 6) is 0. The van der Waals surface area contributed by atoms with Crippen molar-refractivity contribution in [2.24, 2.45) is 0 Å². The van der Waals surface area contributed by atoms with E-state index in [1.54, 1.807) is 6.08 Å². The lowest BCUT2D eigenvalue weighted by atomic mass is 10.2. The Hall–Kier alpha value is -1.76. The summed E-state index contributed by atoms with van der Waals surface area (Å²) in [5.41, 5.74) is 4.81. The summed E-state index contributed by atoms with van der Waals surface area (Å²) in [6.07, 6.45) is 1.77. The van der Waals surface area contributed by atoms with Crippen molar-refractivity contribution >= 4 is 19.0 Å². The summed E-state index contributed by atoms with van der Waals surface area (Å²) in [6.45, 7) is 0. The fraction of sp³-hybridized carbons (Fsp3) is 0.125. The van der Waals surface area contributed by atoms with Gasteiger partial charge in [-0.3, -0.25) is 4.57 Å². The van der Waals surface area contributed by atoms with Crippen LogP contribution in [0.25, 0.3) is 11.4 Å². The summed E-state index contributed by atoms with van der Waals surface area (Å²) >= 11 is 0. The van der Waals surface area contributed by atoms with Gasteiger partial charge in [-0.05, 0) is 5.56 Å². The summed E-state index contributed by atoms with van der Waals surface area (Å²) in [6, 6.07) is 17.1. The van der Waals surface area contributed by atoms with Crippen LogP contribution in [0.3, 0.4) is 0 Å². The molecule has 0 aliphatic heterocycles. The van der Waals surface area contributed by atoms with E-state index >= 15 is 0 Å². The fourth-order valence-corrected chi connectivity index (χ4v) is 3.01. The van der Waals surface area contributed by atoms with Crippen LogP contribution < -0.4 is 0 Å². The topological polar surface area (TPSA) is 35.5 Å². The van der Waals surface area contributed by atoms with Crippen LogP contribution in [0.15, 0.2) is 60.3 Å². The first-order valence-electron chi connectivity index (χ1n) is 6.15. The van der Waals surface area contributed by atoms with E-state index < -0.39 is 7.60 Å². The monoisotopic (exact) mass is 287 g/mol. The molecule has 0 unspecified atom stereocenters. The molecule has 0 N–H and O–H groups in total. The average Bonchev–Trinajstić information content (AvgIpc) is 3.01. The first-order chi connectivity index (χ1) is 9.69. The Morgan fingerprint density at radius 1 is 1.15 bits per heavy atom. The average molecular weight is 287 g/mol. The fourth-order valence-electron chi connectivity index (χ4n) is 1.81. The lowest BCUT2D eigenvalue weighted by Crippen LogP contribution is -1.92. The Balaban J connectivity index is 2.56. The minimum Gasteiger partial charge on any atom is -0.308 e. The zero-order valence-corrected chi connectivity index (χ0v) is 12.3. The standard InChI is InChI=1S/C16H16O3P/c1-18-20(17,19-2)16(15-10-4-3-5-11-15)13-12-14-8-6-7-9-14/h3-12H,1-2H3/q-1. The van der Waals surface area contributed by atoms with Crippen molar-refractivity contribution in [1.82, 2.24) is 0 Å². The molecule has 0 aliphatic rings. The van der Waals surface area contributed by atoms with Crippen molar-refractivity contribution in [3.8, 4) is 0 Å². The zero-order valence-electron chi connectivity index (χ0n) is 11.4. The second kappa shape index (κ2) is 6.60. The summed E-state index contributed by atoms with van der Waals surface area (Å²) in [7, 11) is -0.612. The molecule has 0 radical (unpaired) electrons. The summed E-state index contributed by atoms with van der Waals surface area (Å²) in [4.78, 5) is 0. The van der Waals surface area contributed by atoms with Crippen LogP contribution >= 0.6 is 7.60 Å². The molecule has 0 amide bonds. The van der Waals surface area contributed by atoms with Gasteiger partial charge < -0.3 is 9.05 Å². The maximum Gasteiger partial charge on any atom is 0.368 e. The highest BCUT2D eigenvalue weighted by Crippen LogP contribution is 2.58. The van der Waals surface area contributed by atoms with E-state index in [1.165, 1.54) is 14.2 Å². The van der Waals surface area contributed by atoms with Crippen LogP contribution in [0.2, 0.25) is 0 Å². The van der Waals surface area contributed by atoms with Crippen LogP contribution in [-0.4, -0.2) is 14.2 Å². The second-order valence-corrected chi connectivity index (χ2v) is 6.26. The molecule has 104 valence electrons. The molecule has 2 aromatic rings. The van der Waals surface area contributed by atoms with Crippen molar-refractivity contribution in [1.29, 1.82) is 0 Å². The molecule has 20 heavy (non-hydrogen) atoms. The Morgan fingerprint density at radius 2 is 1.85 bits per heavy atom. The van der Waals surface area contributed by atoms with Crippen molar-refractivity contribution in [3.05, 3.63) is 71.5 Å². The summed E-state index contributed by atoms with van der Waals surface area (Å²) in [5, 5.41) is 0.421. The van der Waals surface area contributed by atoms with Gasteiger partial charge in [-0.15, -0.1) is 11.6 Å². The van der Waals surface area contributed by atoms with Crippen molar-refractivity contribution < 1.29 is 13.6 Å². The van der Waals surface area contributed by atoms with Gasteiger partial charge in [-0.25, -0.2) is 0 Å². The Labute approximate surface area is 119 Å². The third-order valence-electron chi connectivity index (χ3n) is 2.87. The van der Waals surface area contributed by atoms with Crippen LogP contribution in [0.4, 0.5) is 0 Å². The molecule has 0 spiro atoms. The van der Waals surface area contributed by atoms with E-state index in [0.717, 1.165) is 11.1 Å². The van der Waals surface area contributed by atoms with Gasteiger partial charge in [-0.1, -0.05) is 36.4 Å². The first kappa shape index (κ1) is 14.6. The van der Waals surface area contributed by atoms with Crippen LogP contribution in [0, 0.1) is 0 Å². The molecule has 2 rings (SSSR count). The van der Waals surface area contributed by atoms with Crippen LogP contribution in [0.1, 0.15) is 11.1 Å². The Kier molecular flexibility index (Phi) is 4.84. The van der Waals surface area contributed by atoms with Crippen molar-refractivity contribution in [3.63, 3.8) is 0 Å². The predicted molar refractivity (Wildman–Crippen MR) is 81.5 cm³/mol. The van der Waals surface area contributed by atoms with Gasteiger partial charge in [0.25, 0.3) is 0 Å². The van der Waals surface area contributed by atoms with E-state index in [9.17, 15) is 4.57 Å². The first-order valence-corrected chi connectivity index (χ1v) is 7.70. The van der Waals surface area contributed by atoms with E-state index in [1.807, 2.05) is 54.6 Å². The predicted octanol–water partition coefficient (Wildman–Crippen LogP) is 4.54. The van der Waals surface area contributed by atoms with Crippen molar-refractivity contribution in [2.75, 3.05) is 14.2 Å². The molecule has 0 saturated heterocycles. The van der Waals surface area contributed by atoms with Gasteiger partial charge in [0.2, 0.25) is 0 Å². The lowest BCUT2D eigenvalue weighted by molar-refractivity contribution is 0.288. The van der Waals surface area contributed by atoms with E-state index in [0.29, 0.717) is 5.31 Å². The molecule has 3 nitrogen and oxygen atoms in total. The van der Waals surface area contributed by atoms with Crippen molar-refractivity contribution in [2.45, 2.75) is 0 Å². The number of hydrogen-bond donors (Lipinski definition) is 0. The molecule has 4 heteroatoms. The molecule has 0 aliphatic carbocycles. The van der Waals surface area contributed by atoms with E-state index in [-0.39, 0.29) is 0 Å². The molecule has 2 aromatic carbocycles. The quantitative estimate of drug-likeness (QED) is 0.460. The highest BCUT2D eigenvalue weighted by molar-refractivity contribution is 7.65. The number of rotatable bonds is 5. The SMILES string of the molecule is COP(=O)(OC)C(=C=Cc1ccc[cH-]1)c1ccccc1. The van der Waals surface area contributed by atoms with Gasteiger partial charge in [0.05, 0.1) is 0 Å². The zero-order chi connectivity index (χ0) is 14.4. The molecule has 0 atom stereocenters. The second-order valence-electron chi connectivity index (χ2n) is 4.08. The van der Waals surface area contributed by atoms with Gasteiger partial charge in [0, 0.05) is 14.2 Å². The number of benzene rings is 1. The molecule has 0 saturated carbocycles. The summed E-state index contributed by atoms with van der Waals surface area (Å²) < 4.78 is 22.8. The van der Waals surface area contributed by atoms with Gasteiger partial charge in [0.15, 0.2) is 0 Å². The minimum atomic E-state index is -3.36. The highest BCUT2D eigenvalue weighted by Gasteiger charge is 2.28. The largest absolute Gasteiger partial charge is 0.368 e. The van der Waals surface area contributed by atoms with E-state index in [2.05, 4.69) is 5.73 Å². The van der Waals surface area contributed by atoms with Gasteiger partial charge in [0.1, 0.15) is 5.31 Å². The third kappa shape index (κ3) is 3.22. The third-order valence-corrected chi connectivity index (χ3v) is 4.76. The lowest BCUT2D eigenvalue weighted by Gasteiger charge is -2.16. The normalized spacial score (nSPS) is 10.9. The molecular weight excluding hydrogens is 271 g/mol. The molecular formula is C16H16O3P-. The number of hydrogen-bond acceptors (Lipinski definition) is 3. The van der Waals surface area contributed by atoms with Gasteiger partial charge in [-0.2, -0.15) is 23.9 Å². The van der Waals surface area contributed by atoms with Crippen LogP contribution in [0.5, 0.6) is 0 Å².